The number of likely N-dealkylation sites (N-methyl/N-ethyl adjacent to an activating group) is 1. The molecule has 1 aromatic rings. The fourth-order valence-corrected chi connectivity index (χ4v) is 3.77. The van der Waals surface area contributed by atoms with Gasteiger partial charge in [-0.05, 0) is 24.7 Å². The van der Waals surface area contributed by atoms with Crippen molar-refractivity contribution in [2.24, 2.45) is 5.73 Å². The molecule has 0 radical (unpaired) electrons. The van der Waals surface area contributed by atoms with Gasteiger partial charge in [-0.3, -0.25) is 0 Å². The number of benzene rings is 1. The van der Waals surface area contributed by atoms with Gasteiger partial charge in [-0.1, -0.05) is 17.7 Å². The highest BCUT2D eigenvalue weighted by Crippen LogP contribution is 2.22. The topological polar surface area (TPSA) is 84.7 Å². The van der Waals surface area contributed by atoms with Gasteiger partial charge in [0.25, 0.3) is 0 Å². The number of halogens is 1. The maximum absolute atomic E-state index is 12.3. The second-order valence-electron chi connectivity index (χ2n) is 5.08. The summed E-state index contributed by atoms with van der Waals surface area (Å²) < 4.78 is 32.8. The quantitative estimate of drug-likeness (QED) is 0.815. The van der Waals surface area contributed by atoms with Crippen molar-refractivity contribution in [2.75, 3.05) is 33.3 Å². The van der Waals surface area contributed by atoms with Gasteiger partial charge in [0.2, 0.25) is 10.0 Å². The number of rotatable bonds is 5. The normalized spacial score (nSPS) is 20.6. The van der Waals surface area contributed by atoms with Gasteiger partial charge in [-0.15, -0.1) is 0 Å². The van der Waals surface area contributed by atoms with Gasteiger partial charge in [0.1, 0.15) is 4.90 Å². The summed E-state index contributed by atoms with van der Waals surface area (Å²) in [7, 11) is -1.70. The van der Waals surface area contributed by atoms with E-state index in [9.17, 15) is 8.42 Å². The first kappa shape index (κ1) is 16.7. The van der Waals surface area contributed by atoms with E-state index in [0.717, 1.165) is 6.54 Å². The molecular formula is C13H20ClN3O3S. The zero-order valence-electron chi connectivity index (χ0n) is 11.9. The molecule has 6 nitrogen and oxygen atoms in total. The Balaban J connectivity index is 2.08. The van der Waals surface area contributed by atoms with E-state index in [1.54, 1.807) is 12.1 Å². The van der Waals surface area contributed by atoms with Crippen molar-refractivity contribution < 1.29 is 13.2 Å². The van der Waals surface area contributed by atoms with Crippen LogP contribution in [0.15, 0.2) is 23.1 Å². The highest BCUT2D eigenvalue weighted by Gasteiger charge is 2.23. The third kappa shape index (κ3) is 4.38. The van der Waals surface area contributed by atoms with Gasteiger partial charge in [-0.2, -0.15) is 0 Å². The Morgan fingerprint density at radius 3 is 2.95 bits per heavy atom. The van der Waals surface area contributed by atoms with E-state index in [2.05, 4.69) is 9.62 Å². The van der Waals surface area contributed by atoms with Gasteiger partial charge >= 0.3 is 0 Å². The number of hydrogen-bond acceptors (Lipinski definition) is 5. The van der Waals surface area contributed by atoms with E-state index >= 15 is 0 Å². The molecule has 8 heteroatoms. The molecule has 2 rings (SSSR count). The second kappa shape index (κ2) is 7.04. The summed E-state index contributed by atoms with van der Waals surface area (Å²) in [5.41, 5.74) is 6.25. The smallest absolute Gasteiger partial charge is 0.242 e. The number of hydrogen-bond donors (Lipinski definition) is 2. The monoisotopic (exact) mass is 333 g/mol. The number of sulfonamides is 1. The molecule has 3 N–H and O–H groups in total. The lowest BCUT2D eigenvalue weighted by Gasteiger charge is -2.30. The summed E-state index contributed by atoms with van der Waals surface area (Å²) in [6.45, 7) is 2.63. The number of nitrogens with zero attached hydrogens (tertiary/aromatic N) is 1. The summed E-state index contributed by atoms with van der Waals surface area (Å²) >= 11 is 5.98. The van der Waals surface area contributed by atoms with E-state index in [0.29, 0.717) is 18.7 Å². The summed E-state index contributed by atoms with van der Waals surface area (Å²) in [5.74, 6) is 0. The first-order valence-corrected chi connectivity index (χ1v) is 8.57. The van der Waals surface area contributed by atoms with Crippen molar-refractivity contribution in [2.45, 2.75) is 17.5 Å². The number of nitrogens with two attached hydrogens (primary N) is 1. The minimum absolute atomic E-state index is 0.0521. The number of morpholine rings is 1. The Bertz CT molecular complexity index is 594. The van der Waals surface area contributed by atoms with Crippen molar-refractivity contribution in [1.82, 2.24) is 9.62 Å². The molecule has 1 unspecified atom stereocenters. The van der Waals surface area contributed by atoms with Crippen LogP contribution in [0.5, 0.6) is 0 Å². The summed E-state index contributed by atoms with van der Waals surface area (Å²) in [4.78, 5) is 2.15. The first-order chi connectivity index (χ1) is 9.92. The van der Waals surface area contributed by atoms with Crippen LogP contribution in [0.1, 0.15) is 5.56 Å². The standard InChI is InChI=1S/C13H20ClN3O3S/c1-17-4-5-20-11(9-17)8-16-21(18,19)13-6-10(7-15)2-3-12(13)14/h2-3,6,11,16H,4-5,7-9,15H2,1H3. The fourth-order valence-electron chi connectivity index (χ4n) is 2.15. The Morgan fingerprint density at radius 1 is 1.52 bits per heavy atom. The molecule has 0 spiro atoms. The molecule has 0 saturated carbocycles. The van der Waals surface area contributed by atoms with Crippen LogP contribution in [0, 0.1) is 0 Å². The van der Waals surface area contributed by atoms with Gasteiger partial charge < -0.3 is 15.4 Å². The third-order valence-corrected chi connectivity index (χ3v) is 5.27. The molecular weight excluding hydrogens is 314 g/mol. The van der Waals surface area contributed by atoms with Gasteiger partial charge in [0.15, 0.2) is 0 Å². The van der Waals surface area contributed by atoms with E-state index in [1.165, 1.54) is 6.07 Å². The van der Waals surface area contributed by atoms with Crippen molar-refractivity contribution in [1.29, 1.82) is 0 Å². The van der Waals surface area contributed by atoms with Crippen LogP contribution < -0.4 is 10.5 Å². The minimum atomic E-state index is -3.68. The molecule has 0 aliphatic carbocycles. The molecule has 21 heavy (non-hydrogen) atoms. The highest BCUT2D eigenvalue weighted by molar-refractivity contribution is 7.89. The molecule has 1 fully saturated rings. The summed E-state index contributed by atoms with van der Waals surface area (Å²) in [6.07, 6.45) is -0.157. The Labute approximate surface area is 130 Å². The van der Waals surface area contributed by atoms with Crippen LogP contribution in [-0.4, -0.2) is 52.7 Å². The lowest BCUT2D eigenvalue weighted by molar-refractivity contribution is -0.0156. The average Bonchev–Trinajstić information content (AvgIpc) is 2.46. The molecule has 1 atom stereocenters. The molecule has 0 aromatic heterocycles. The minimum Gasteiger partial charge on any atom is -0.374 e. The van der Waals surface area contributed by atoms with Crippen LogP contribution in [0.3, 0.4) is 0 Å². The summed E-state index contributed by atoms with van der Waals surface area (Å²) in [5, 5.41) is 0.182. The SMILES string of the molecule is CN1CCOC(CNS(=O)(=O)c2cc(CN)ccc2Cl)C1. The number of nitrogens with one attached hydrogen (secondary N) is 1. The molecule has 1 aromatic carbocycles. The van der Waals surface area contributed by atoms with Crippen molar-refractivity contribution in [3.63, 3.8) is 0 Å². The Kier molecular flexibility index (Phi) is 5.59. The molecule has 1 saturated heterocycles. The van der Waals surface area contributed by atoms with Gasteiger partial charge in [-0.25, -0.2) is 13.1 Å². The largest absolute Gasteiger partial charge is 0.374 e. The van der Waals surface area contributed by atoms with Crippen LogP contribution in [0.25, 0.3) is 0 Å². The van der Waals surface area contributed by atoms with E-state index in [4.69, 9.17) is 22.1 Å². The first-order valence-electron chi connectivity index (χ1n) is 6.70. The van der Waals surface area contributed by atoms with Crippen molar-refractivity contribution in [3.05, 3.63) is 28.8 Å². The summed E-state index contributed by atoms with van der Waals surface area (Å²) in [6, 6.07) is 4.75. The Hall–Kier alpha value is -0.700. The zero-order valence-corrected chi connectivity index (χ0v) is 13.5. The molecule has 1 heterocycles. The van der Waals surface area contributed by atoms with E-state index < -0.39 is 10.0 Å². The third-order valence-electron chi connectivity index (χ3n) is 3.36. The highest BCUT2D eigenvalue weighted by atomic mass is 35.5. The fraction of sp³-hybridized carbons (Fsp3) is 0.538. The van der Waals surface area contributed by atoms with Gasteiger partial charge in [0, 0.05) is 26.2 Å². The maximum Gasteiger partial charge on any atom is 0.242 e. The predicted octanol–water partition coefficient (Wildman–Crippen LogP) is 0.408. The predicted molar refractivity (Wildman–Crippen MR) is 81.8 cm³/mol. The zero-order chi connectivity index (χ0) is 15.5. The molecule has 1 aliphatic heterocycles. The van der Waals surface area contributed by atoms with Crippen LogP contribution in [0.2, 0.25) is 5.02 Å². The van der Waals surface area contributed by atoms with Crippen molar-refractivity contribution in [3.8, 4) is 0 Å². The molecule has 118 valence electrons. The Morgan fingerprint density at radius 2 is 2.29 bits per heavy atom. The molecule has 1 aliphatic rings. The van der Waals surface area contributed by atoms with Crippen LogP contribution in [-0.2, 0) is 21.3 Å². The van der Waals surface area contributed by atoms with E-state index in [1.807, 2.05) is 7.05 Å². The van der Waals surface area contributed by atoms with Crippen LogP contribution in [0.4, 0.5) is 0 Å². The number of ether oxygens (including phenoxy) is 1. The average molecular weight is 334 g/mol. The lowest BCUT2D eigenvalue weighted by Crippen LogP contribution is -2.45. The molecule has 0 bridgehead atoms. The maximum atomic E-state index is 12.3. The second-order valence-corrected chi connectivity index (χ2v) is 7.22. The van der Waals surface area contributed by atoms with Gasteiger partial charge in [0.05, 0.1) is 17.7 Å². The van der Waals surface area contributed by atoms with E-state index in [-0.39, 0.29) is 29.1 Å². The van der Waals surface area contributed by atoms with Crippen LogP contribution >= 0.6 is 11.6 Å². The lowest BCUT2D eigenvalue weighted by atomic mass is 10.2. The van der Waals surface area contributed by atoms with Crippen molar-refractivity contribution >= 4 is 21.6 Å². The molecule has 0 amide bonds.